The molecule has 0 atom stereocenters. The number of nitrogen functional groups attached to an aromatic ring is 1. The summed E-state index contributed by atoms with van der Waals surface area (Å²) >= 11 is 0. The molecule has 0 radical (unpaired) electrons. The first-order valence-electron chi connectivity index (χ1n) is 5.24. The lowest BCUT2D eigenvalue weighted by atomic mass is 10.1. The summed E-state index contributed by atoms with van der Waals surface area (Å²) in [5.74, 6) is 0.919. The molecule has 1 aliphatic rings. The predicted octanol–water partition coefficient (Wildman–Crippen LogP) is 2.42. The van der Waals surface area contributed by atoms with Crippen molar-refractivity contribution in [2.24, 2.45) is 5.92 Å². The van der Waals surface area contributed by atoms with E-state index in [0.717, 1.165) is 17.2 Å². The standard InChI is InChI=1S/C12H18N2/c1-9-3-6-11(7-12(9)13)14(2)8-10-4-5-10/h3,6-7,10H,4-5,8,13H2,1-2H3. The van der Waals surface area contributed by atoms with Gasteiger partial charge in [-0.1, -0.05) is 6.07 Å². The molecule has 0 aliphatic heterocycles. The van der Waals surface area contributed by atoms with Crippen LogP contribution in [0, 0.1) is 12.8 Å². The Kier molecular flexibility index (Phi) is 2.36. The molecule has 2 heteroatoms. The topological polar surface area (TPSA) is 29.3 Å². The molecular formula is C12H18N2. The molecular weight excluding hydrogens is 172 g/mol. The van der Waals surface area contributed by atoms with Crippen LogP contribution < -0.4 is 10.6 Å². The third kappa shape index (κ3) is 2.00. The number of nitrogens with two attached hydrogens (primary N) is 1. The number of benzene rings is 1. The second-order valence-corrected chi connectivity index (χ2v) is 4.36. The number of hydrogen-bond donors (Lipinski definition) is 1. The minimum atomic E-state index is 0.894. The zero-order chi connectivity index (χ0) is 10.1. The van der Waals surface area contributed by atoms with Crippen molar-refractivity contribution in [3.8, 4) is 0 Å². The molecule has 0 heterocycles. The van der Waals surface area contributed by atoms with Gasteiger partial charge in [0, 0.05) is 25.0 Å². The fourth-order valence-corrected chi connectivity index (χ4v) is 1.66. The molecule has 1 saturated carbocycles. The minimum absolute atomic E-state index is 0.894. The van der Waals surface area contributed by atoms with Gasteiger partial charge in [0.25, 0.3) is 0 Å². The quantitative estimate of drug-likeness (QED) is 0.742. The van der Waals surface area contributed by atoms with Crippen molar-refractivity contribution in [1.82, 2.24) is 0 Å². The highest BCUT2D eigenvalue weighted by molar-refractivity contribution is 5.59. The lowest BCUT2D eigenvalue weighted by Gasteiger charge is -2.19. The molecule has 0 amide bonds. The van der Waals surface area contributed by atoms with Crippen LogP contribution in [0.3, 0.4) is 0 Å². The summed E-state index contributed by atoms with van der Waals surface area (Å²) in [5, 5.41) is 0. The van der Waals surface area contributed by atoms with Gasteiger partial charge in [-0.3, -0.25) is 0 Å². The highest BCUT2D eigenvalue weighted by atomic mass is 15.1. The summed E-state index contributed by atoms with van der Waals surface area (Å²) in [5.41, 5.74) is 9.17. The van der Waals surface area contributed by atoms with Gasteiger partial charge in [-0.25, -0.2) is 0 Å². The van der Waals surface area contributed by atoms with Crippen LogP contribution in [0.15, 0.2) is 18.2 Å². The van der Waals surface area contributed by atoms with Crippen molar-refractivity contribution in [3.05, 3.63) is 23.8 Å². The summed E-state index contributed by atoms with van der Waals surface area (Å²) in [6.07, 6.45) is 2.79. The third-order valence-corrected chi connectivity index (χ3v) is 2.93. The Balaban J connectivity index is 2.10. The molecule has 1 fully saturated rings. The minimum Gasteiger partial charge on any atom is -0.398 e. The van der Waals surface area contributed by atoms with Gasteiger partial charge >= 0.3 is 0 Å². The summed E-state index contributed by atoms with van der Waals surface area (Å²) in [4.78, 5) is 2.30. The predicted molar refractivity (Wildman–Crippen MR) is 61.6 cm³/mol. The number of hydrogen-bond acceptors (Lipinski definition) is 2. The average molecular weight is 190 g/mol. The van der Waals surface area contributed by atoms with Crippen LogP contribution in [0.5, 0.6) is 0 Å². The molecule has 0 aromatic heterocycles. The molecule has 1 aromatic carbocycles. The van der Waals surface area contributed by atoms with E-state index in [1.54, 1.807) is 0 Å². The van der Waals surface area contributed by atoms with Crippen LogP contribution in [-0.4, -0.2) is 13.6 Å². The smallest absolute Gasteiger partial charge is 0.0384 e. The van der Waals surface area contributed by atoms with E-state index < -0.39 is 0 Å². The van der Waals surface area contributed by atoms with E-state index in [2.05, 4.69) is 30.1 Å². The molecule has 0 unspecified atom stereocenters. The molecule has 1 aliphatic carbocycles. The second kappa shape index (κ2) is 3.52. The molecule has 2 nitrogen and oxygen atoms in total. The summed E-state index contributed by atoms with van der Waals surface area (Å²) < 4.78 is 0. The number of rotatable bonds is 3. The lowest BCUT2D eigenvalue weighted by molar-refractivity contribution is 0.787. The summed E-state index contributed by atoms with van der Waals surface area (Å²) in [6, 6.07) is 6.31. The average Bonchev–Trinajstić information content (AvgIpc) is 2.93. The van der Waals surface area contributed by atoms with Crippen LogP contribution in [-0.2, 0) is 0 Å². The fraction of sp³-hybridized carbons (Fsp3) is 0.500. The van der Waals surface area contributed by atoms with Gasteiger partial charge in [-0.05, 0) is 43.4 Å². The molecule has 0 spiro atoms. The van der Waals surface area contributed by atoms with Crippen LogP contribution >= 0.6 is 0 Å². The van der Waals surface area contributed by atoms with Crippen LogP contribution in [0.2, 0.25) is 0 Å². The monoisotopic (exact) mass is 190 g/mol. The first kappa shape index (κ1) is 9.38. The van der Waals surface area contributed by atoms with Crippen LogP contribution in [0.25, 0.3) is 0 Å². The maximum absolute atomic E-state index is 5.88. The van der Waals surface area contributed by atoms with Crippen LogP contribution in [0.4, 0.5) is 11.4 Å². The summed E-state index contributed by atoms with van der Waals surface area (Å²) in [7, 11) is 2.14. The Morgan fingerprint density at radius 1 is 1.43 bits per heavy atom. The molecule has 2 rings (SSSR count). The Labute approximate surface area is 85.7 Å². The molecule has 1 aromatic rings. The van der Waals surface area contributed by atoms with Crippen molar-refractivity contribution >= 4 is 11.4 Å². The van der Waals surface area contributed by atoms with Crippen molar-refractivity contribution in [3.63, 3.8) is 0 Å². The second-order valence-electron chi connectivity index (χ2n) is 4.36. The molecule has 0 bridgehead atoms. The van der Waals surface area contributed by atoms with E-state index in [1.807, 2.05) is 6.92 Å². The van der Waals surface area contributed by atoms with Crippen molar-refractivity contribution in [2.45, 2.75) is 19.8 Å². The van der Waals surface area contributed by atoms with Gasteiger partial charge in [-0.2, -0.15) is 0 Å². The normalized spacial score (nSPS) is 15.6. The number of aryl methyl sites for hydroxylation is 1. The maximum atomic E-state index is 5.88. The van der Waals surface area contributed by atoms with Gasteiger partial charge in [0.1, 0.15) is 0 Å². The Hall–Kier alpha value is -1.18. The largest absolute Gasteiger partial charge is 0.398 e. The molecule has 76 valence electrons. The Morgan fingerprint density at radius 2 is 2.14 bits per heavy atom. The lowest BCUT2D eigenvalue weighted by Crippen LogP contribution is -2.19. The maximum Gasteiger partial charge on any atom is 0.0384 e. The van der Waals surface area contributed by atoms with E-state index in [0.29, 0.717) is 0 Å². The van der Waals surface area contributed by atoms with Crippen molar-refractivity contribution in [1.29, 1.82) is 0 Å². The SMILES string of the molecule is Cc1ccc(N(C)CC2CC2)cc1N. The van der Waals surface area contributed by atoms with Gasteiger partial charge in [0.05, 0.1) is 0 Å². The van der Waals surface area contributed by atoms with E-state index in [1.165, 1.54) is 25.1 Å². The van der Waals surface area contributed by atoms with E-state index in [9.17, 15) is 0 Å². The molecule has 2 N–H and O–H groups in total. The van der Waals surface area contributed by atoms with Gasteiger partial charge < -0.3 is 10.6 Å². The third-order valence-electron chi connectivity index (χ3n) is 2.93. The highest BCUT2D eigenvalue weighted by Gasteiger charge is 2.22. The fourth-order valence-electron chi connectivity index (χ4n) is 1.66. The van der Waals surface area contributed by atoms with Crippen molar-refractivity contribution < 1.29 is 0 Å². The van der Waals surface area contributed by atoms with Crippen molar-refractivity contribution in [2.75, 3.05) is 24.2 Å². The Bertz CT molecular complexity index is 329. The van der Waals surface area contributed by atoms with Gasteiger partial charge in [0.15, 0.2) is 0 Å². The number of anilines is 2. The van der Waals surface area contributed by atoms with Crippen LogP contribution in [0.1, 0.15) is 18.4 Å². The van der Waals surface area contributed by atoms with E-state index >= 15 is 0 Å². The summed E-state index contributed by atoms with van der Waals surface area (Å²) in [6.45, 7) is 3.21. The Morgan fingerprint density at radius 3 is 2.71 bits per heavy atom. The zero-order valence-electron chi connectivity index (χ0n) is 8.96. The zero-order valence-corrected chi connectivity index (χ0v) is 8.96. The van der Waals surface area contributed by atoms with Gasteiger partial charge in [0.2, 0.25) is 0 Å². The molecule has 14 heavy (non-hydrogen) atoms. The number of nitrogens with zero attached hydrogens (tertiary/aromatic N) is 1. The first-order valence-corrected chi connectivity index (χ1v) is 5.24. The highest BCUT2D eigenvalue weighted by Crippen LogP contribution is 2.31. The van der Waals surface area contributed by atoms with E-state index in [-0.39, 0.29) is 0 Å². The van der Waals surface area contributed by atoms with E-state index in [4.69, 9.17) is 5.73 Å². The first-order chi connectivity index (χ1) is 6.66. The molecule has 0 saturated heterocycles. The van der Waals surface area contributed by atoms with Gasteiger partial charge in [-0.15, -0.1) is 0 Å².